The van der Waals surface area contributed by atoms with Crippen molar-refractivity contribution >= 4 is 5.91 Å². The average Bonchev–Trinajstić information content (AvgIpc) is 3.33. The molecule has 1 saturated carbocycles. The number of phenolic OH excluding ortho intramolecular Hbond substituents is 1. The molecule has 2 aromatic rings. The molecule has 1 N–H and O–H groups in total. The molecule has 0 saturated heterocycles. The Bertz CT molecular complexity index is 736. The van der Waals surface area contributed by atoms with Gasteiger partial charge in [0, 0.05) is 12.1 Å². The summed E-state index contributed by atoms with van der Waals surface area (Å²) in [5.41, 5.74) is 0.995. The molecule has 3 rings (SSSR count). The summed E-state index contributed by atoms with van der Waals surface area (Å²) < 4.78 is 5.64. The highest BCUT2D eigenvalue weighted by atomic mass is 16.3. The fourth-order valence-corrected chi connectivity index (χ4v) is 3.03. The summed E-state index contributed by atoms with van der Waals surface area (Å²) in [6.07, 6.45) is 2.13. The van der Waals surface area contributed by atoms with Crippen molar-refractivity contribution in [3.05, 3.63) is 53.5 Å². The first-order valence-electron chi connectivity index (χ1n) is 8.78. The van der Waals surface area contributed by atoms with E-state index in [9.17, 15) is 9.90 Å². The fraction of sp³-hybridized carbons (Fsp3) is 0.450. The molecular formula is C20H26N2O3. The van der Waals surface area contributed by atoms with E-state index in [4.69, 9.17) is 4.42 Å². The first-order valence-corrected chi connectivity index (χ1v) is 8.78. The van der Waals surface area contributed by atoms with Crippen LogP contribution in [0.1, 0.15) is 42.9 Å². The number of hydrogen-bond donors (Lipinski definition) is 1. The topological polar surface area (TPSA) is 56.9 Å². The van der Waals surface area contributed by atoms with Gasteiger partial charge in [0.25, 0.3) is 0 Å². The highest BCUT2D eigenvalue weighted by molar-refractivity contribution is 5.79. The summed E-state index contributed by atoms with van der Waals surface area (Å²) in [7, 11) is 1.94. The van der Waals surface area contributed by atoms with Gasteiger partial charge < -0.3 is 14.4 Å². The van der Waals surface area contributed by atoms with Crippen molar-refractivity contribution in [1.82, 2.24) is 9.80 Å². The van der Waals surface area contributed by atoms with E-state index in [1.165, 1.54) is 0 Å². The van der Waals surface area contributed by atoms with Gasteiger partial charge in [0.2, 0.25) is 5.91 Å². The van der Waals surface area contributed by atoms with Crippen LogP contribution in [0.5, 0.6) is 5.75 Å². The quantitative estimate of drug-likeness (QED) is 0.837. The second-order valence-corrected chi connectivity index (χ2v) is 6.95. The van der Waals surface area contributed by atoms with Crippen LogP contribution in [0.25, 0.3) is 0 Å². The Kier molecular flexibility index (Phi) is 5.13. The van der Waals surface area contributed by atoms with Gasteiger partial charge in [0.05, 0.1) is 13.1 Å². The minimum absolute atomic E-state index is 0.0444. The van der Waals surface area contributed by atoms with E-state index >= 15 is 0 Å². The predicted octanol–water partition coefficient (Wildman–Crippen LogP) is 3.48. The normalized spacial score (nSPS) is 15.4. The van der Waals surface area contributed by atoms with Crippen LogP contribution in [0.3, 0.4) is 0 Å². The van der Waals surface area contributed by atoms with Crippen LogP contribution < -0.4 is 0 Å². The second-order valence-electron chi connectivity index (χ2n) is 6.95. The molecule has 25 heavy (non-hydrogen) atoms. The number of aryl methyl sites for hydroxylation is 1. The fourth-order valence-electron chi connectivity index (χ4n) is 3.03. The summed E-state index contributed by atoms with van der Waals surface area (Å²) in [6.45, 7) is 4.83. The minimum Gasteiger partial charge on any atom is -0.508 e. The molecule has 134 valence electrons. The zero-order valence-corrected chi connectivity index (χ0v) is 15.1. The molecule has 0 spiro atoms. The Morgan fingerprint density at radius 1 is 1.32 bits per heavy atom. The van der Waals surface area contributed by atoms with E-state index in [0.717, 1.165) is 29.9 Å². The maximum atomic E-state index is 12.8. The van der Waals surface area contributed by atoms with Gasteiger partial charge in [-0.05, 0) is 63.6 Å². The lowest BCUT2D eigenvalue weighted by Gasteiger charge is -2.28. The van der Waals surface area contributed by atoms with Crippen molar-refractivity contribution in [1.29, 1.82) is 0 Å². The lowest BCUT2D eigenvalue weighted by atomic mass is 10.1. The zero-order chi connectivity index (χ0) is 18.0. The Balaban J connectivity index is 1.64. The van der Waals surface area contributed by atoms with Crippen LogP contribution in [-0.2, 0) is 11.3 Å². The number of benzene rings is 1. The molecule has 1 heterocycles. The van der Waals surface area contributed by atoms with Crippen LogP contribution in [0, 0.1) is 6.92 Å². The summed E-state index contributed by atoms with van der Waals surface area (Å²) in [5, 5.41) is 9.66. The average molecular weight is 342 g/mol. The minimum atomic E-state index is 0.0444. The molecule has 1 unspecified atom stereocenters. The zero-order valence-electron chi connectivity index (χ0n) is 15.1. The SMILES string of the molecule is Cc1ccc(CN(C(=O)CN(C)C(C)c2cccc(O)c2)C2CC2)o1. The van der Waals surface area contributed by atoms with Crippen LogP contribution >= 0.6 is 0 Å². The number of hydrogen-bond acceptors (Lipinski definition) is 4. The summed E-state index contributed by atoms with van der Waals surface area (Å²) in [4.78, 5) is 16.8. The van der Waals surface area contributed by atoms with E-state index in [-0.39, 0.29) is 17.7 Å². The summed E-state index contributed by atoms with van der Waals surface area (Å²) in [5.74, 6) is 2.07. The number of nitrogens with zero attached hydrogens (tertiary/aromatic N) is 2. The predicted molar refractivity (Wildman–Crippen MR) is 96.2 cm³/mol. The van der Waals surface area contributed by atoms with Crippen molar-refractivity contribution in [2.24, 2.45) is 0 Å². The molecule has 1 atom stereocenters. The third-order valence-electron chi connectivity index (χ3n) is 4.83. The molecular weight excluding hydrogens is 316 g/mol. The number of likely N-dealkylation sites (N-methyl/N-ethyl adjacent to an activating group) is 1. The van der Waals surface area contributed by atoms with E-state index in [0.29, 0.717) is 19.1 Å². The van der Waals surface area contributed by atoms with Gasteiger partial charge in [-0.2, -0.15) is 0 Å². The largest absolute Gasteiger partial charge is 0.508 e. The van der Waals surface area contributed by atoms with E-state index in [1.54, 1.807) is 12.1 Å². The number of amides is 1. The number of rotatable bonds is 7. The number of aromatic hydroxyl groups is 1. The molecule has 1 aliphatic carbocycles. The van der Waals surface area contributed by atoms with Gasteiger partial charge in [-0.25, -0.2) is 0 Å². The Hall–Kier alpha value is -2.27. The highest BCUT2D eigenvalue weighted by Gasteiger charge is 2.33. The van der Waals surface area contributed by atoms with Crippen LogP contribution in [0.15, 0.2) is 40.8 Å². The third-order valence-corrected chi connectivity index (χ3v) is 4.83. The van der Waals surface area contributed by atoms with Crippen LogP contribution in [0.2, 0.25) is 0 Å². The third kappa shape index (κ3) is 4.42. The molecule has 1 aromatic carbocycles. The molecule has 0 aliphatic heterocycles. The van der Waals surface area contributed by atoms with Gasteiger partial charge in [-0.1, -0.05) is 12.1 Å². The number of carbonyl (C=O) groups is 1. The lowest BCUT2D eigenvalue weighted by Crippen LogP contribution is -2.40. The van der Waals surface area contributed by atoms with Crippen molar-refractivity contribution in [3.8, 4) is 5.75 Å². The standard InChI is InChI=1S/C20H26N2O3/c1-14-7-10-19(25-14)12-22(17-8-9-17)20(24)13-21(3)15(2)16-5-4-6-18(23)11-16/h4-7,10-11,15,17,23H,8-9,12-13H2,1-3H3. The molecule has 1 fully saturated rings. The van der Waals surface area contributed by atoms with Crippen LogP contribution in [-0.4, -0.2) is 40.4 Å². The van der Waals surface area contributed by atoms with Gasteiger partial charge in [-0.3, -0.25) is 9.69 Å². The van der Waals surface area contributed by atoms with Crippen molar-refractivity contribution < 1.29 is 14.3 Å². The summed E-state index contributed by atoms with van der Waals surface area (Å²) >= 11 is 0. The molecule has 5 heteroatoms. The lowest BCUT2D eigenvalue weighted by molar-refractivity contribution is -0.134. The van der Waals surface area contributed by atoms with Gasteiger partial charge >= 0.3 is 0 Å². The van der Waals surface area contributed by atoms with E-state index < -0.39 is 0 Å². The molecule has 0 bridgehead atoms. The molecule has 1 aromatic heterocycles. The Morgan fingerprint density at radius 2 is 2.08 bits per heavy atom. The van der Waals surface area contributed by atoms with Crippen molar-refractivity contribution in [2.75, 3.05) is 13.6 Å². The van der Waals surface area contributed by atoms with Gasteiger partial charge in [-0.15, -0.1) is 0 Å². The Labute approximate surface area is 148 Å². The first-order chi connectivity index (χ1) is 11.9. The van der Waals surface area contributed by atoms with E-state index in [2.05, 4.69) is 0 Å². The maximum Gasteiger partial charge on any atom is 0.237 e. The van der Waals surface area contributed by atoms with Gasteiger partial charge in [0.1, 0.15) is 17.3 Å². The number of phenols is 1. The molecule has 5 nitrogen and oxygen atoms in total. The van der Waals surface area contributed by atoms with Crippen LogP contribution in [0.4, 0.5) is 0 Å². The smallest absolute Gasteiger partial charge is 0.237 e. The van der Waals surface area contributed by atoms with Crippen molar-refractivity contribution in [3.63, 3.8) is 0 Å². The molecule has 1 amide bonds. The van der Waals surface area contributed by atoms with E-state index in [1.807, 2.05) is 55.0 Å². The molecule has 1 aliphatic rings. The second kappa shape index (κ2) is 7.31. The monoisotopic (exact) mass is 342 g/mol. The highest BCUT2D eigenvalue weighted by Crippen LogP contribution is 2.29. The Morgan fingerprint density at radius 3 is 2.68 bits per heavy atom. The first kappa shape index (κ1) is 17.5. The van der Waals surface area contributed by atoms with Gasteiger partial charge in [0.15, 0.2) is 0 Å². The van der Waals surface area contributed by atoms with Crippen molar-refractivity contribution in [2.45, 2.75) is 45.3 Å². The maximum absolute atomic E-state index is 12.8. The molecule has 0 radical (unpaired) electrons. The summed E-state index contributed by atoms with van der Waals surface area (Å²) in [6, 6.07) is 11.4. The number of carbonyl (C=O) groups excluding carboxylic acids is 1. The number of furan rings is 1.